The maximum Gasteiger partial charge on any atom is 0.170 e. The standard InChI is InChI=1S/C11H9N5.C9H20N2OS/c12-10-7(2-1-4-13-10)9-6-15-11-8(16-9)3-5-14-11;1-9(2,3)10-13(12)11-7-5-4-6-8-11/h1-6H,(H2,12,13)(H,14,15);10H,4-8H2,1-3H3. The fourth-order valence-corrected chi connectivity index (χ4v) is 4.19. The first-order chi connectivity index (χ1) is 13.8. The van der Waals surface area contributed by atoms with Gasteiger partial charge in [0.15, 0.2) is 16.8 Å². The van der Waals surface area contributed by atoms with Gasteiger partial charge in [-0.05, 0) is 51.8 Å². The van der Waals surface area contributed by atoms with Gasteiger partial charge < -0.3 is 10.7 Å². The number of fused-ring (bicyclic) bond motifs is 1. The summed E-state index contributed by atoms with van der Waals surface area (Å²) >= 11 is -0.993. The highest BCUT2D eigenvalue weighted by molar-refractivity contribution is 7.80. The molecular weight excluding hydrogens is 386 g/mol. The number of pyridine rings is 1. The quantitative estimate of drug-likeness (QED) is 0.608. The van der Waals surface area contributed by atoms with Crippen LogP contribution in [0.15, 0.2) is 36.8 Å². The van der Waals surface area contributed by atoms with Crippen LogP contribution >= 0.6 is 0 Å². The predicted molar refractivity (Wildman–Crippen MR) is 118 cm³/mol. The SMILES string of the molecule is CC(C)(C)NS(=O)N1CCCCC1.Nc1ncccc1-c1cnc2[nH]ccc2n1. The van der Waals surface area contributed by atoms with Crippen LogP contribution < -0.4 is 10.5 Å². The molecule has 0 bridgehead atoms. The molecule has 4 heterocycles. The molecule has 0 aliphatic carbocycles. The topological polar surface area (TPSA) is 113 Å². The van der Waals surface area contributed by atoms with Crippen LogP contribution in [-0.2, 0) is 11.2 Å². The molecule has 1 aliphatic rings. The van der Waals surface area contributed by atoms with E-state index in [4.69, 9.17) is 5.73 Å². The number of H-pyrrole nitrogens is 1. The van der Waals surface area contributed by atoms with E-state index in [1.165, 1.54) is 19.3 Å². The molecule has 1 fully saturated rings. The van der Waals surface area contributed by atoms with Crippen LogP contribution in [0.4, 0.5) is 5.82 Å². The Labute approximate surface area is 174 Å². The molecule has 1 saturated heterocycles. The van der Waals surface area contributed by atoms with Crippen LogP contribution in [0, 0.1) is 0 Å². The highest BCUT2D eigenvalue weighted by atomic mass is 32.2. The highest BCUT2D eigenvalue weighted by Gasteiger charge is 2.20. The van der Waals surface area contributed by atoms with Gasteiger partial charge in [-0.25, -0.2) is 28.2 Å². The first-order valence-electron chi connectivity index (χ1n) is 9.79. The summed E-state index contributed by atoms with van der Waals surface area (Å²) in [6.45, 7) is 8.05. The summed E-state index contributed by atoms with van der Waals surface area (Å²) in [5.41, 5.74) is 8.85. The number of hydrogen-bond donors (Lipinski definition) is 3. The van der Waals surface area contributed by atoms with Gasteiger partial charge in [-0.3, -0.25) is 0 Å². The summed E-state index contributed by atoms with van der Waals surface area (Å²) in [4.78, 5) is 15.7. The van der Waals surface area contributed by atoms with Crippen molar-refractivity contribution in [2.45, 2.75) is 45.6 Å². The van der Waals surface area contributed by atoms with E-state index in [1.54, 1.807) is 18.6 Å². The number of nitrogens with zero attached hydrogens (tertiary/aromatic N) is 4. The van der Waals surface area contributed by atoms with Gasteiger partial charge in [0.25, 0.3) is 0 Å². The molecular formula is C20H29N7OS. The normalized spacial score (nSPS) is 16.2. The lowest BCUT2D eigenvalue weighted by Crippen LogP contribution is -2.46. The number of anilines is 1. The third-order valence-corrected chi connectivity index (χ3v) is 5.94. The number of rotatable bonds is 3. The molecule has 0 amide bonds. The first kappa shape index (κ1) is 21.4. The van der Waals surface area contributed by atoms with Crippen molar-refractivity contribution in [2.24, 2.45) is 0 Å². The molecule has 0 saturated carbocycles. The molecule has 0 radical (unpaired) electrons. The molecule has 1 unspecified atom stereocenters. The van der Waals surface area contributed by atoms with Crippen LogP contribution in [0.3, 0.4) is 0 Å². The number of piperidine rings is 1. The minimum absolute atomic E-state index is 0.0672. The van der Waals surface area contributed by atoms with Gasteiger partial charge in [0.1, 0.15) is 11.3 Å². The van der Waals surface area contributed by atoms with E-state index < -0.39 is 11.2 Å². The fraction of sp³-hybridized carbons (Fsp3) is 0.450. The van der Waals surface area contributed by atoms with E-state index in [2.05, 4.69) is 24.7 Å². The van der Waals surface area contributed by atoms with E-state index in [0.717, 1.165) is 35.5 Å². The lowest BCUT2D eigenvalue weighted by atomic mass is 10.1. The van der Waals surface area contributed by atoms with Crippen molar-refractivity contribution in [1.82, 2.24) is 29.0 Å². The molecule has 0 spiro atoms. The van der Waals surface area contributed by atoms with Gasteiger partial charge in [-0.1, -0.05) is 6.42 Å². The van der Waals surface area contributed by atoms with E-state index in [1.807, 2.05) is 43.3 Å². The van der Waals surface area contributed by atoms with Crippen molar-refractivity contribution in [3.8, 4) is 11.3 Å². The van der Waals surface area contributed by atoms with Crippen molar-refractivity contribution in [3.63, 3.8) is 0 Å². The second-order valence-corrected chi connectivity index (χ2v) is 9.21. The second kappa shape index (κ2) is 9.43. The summed E-state index contributed by atoms with van der Waals surface area (Å²) in [6.07, 6.45) is 8.78. The van der Waals surface area contributed by atoms with Crippen molar-refractivity contribution < 1.29 is 4.21 Å². The van der Waals surface area contributed by atoms with E-state index in [0.29, 0.717) is 5.82 Å². The summed E-state index contributed by atoms with van der Waals surface area (Å²) in [7, 11) is 0. The molecule has 156 valence electrons. The van der Waals surface area contributed by atoms with E-state index in [-0.39, 0.29) is 5.54 Å². The molecule has 4 N–H and O–H groups in total. The Morgan fingerprint density at radius 2 is 1.93 bits per heavy atom. The van der Waals surface area contributed by atoms with Crippen molar-refractivity contribution >= 4 is 28.2 Å². The van der Waals surface area contributed by atoms with Gasteiger partial charge in [0, 0.05) is 36.6 Å². The van der Waals surface area contributed by atoms with Gasteiger partial charge in [0.2, 0.25) is 0 Å². The van der Waals surface area contributed by atoms with Gasteiger partial charge >= 0.3 is 0 Å². The summed E-state index contributed by atoms with van der Waals surface area (Å²) in [5, 5.41) is 0. The van der Waals surface area contributed by atoms with Crippen molar-refractivity contribution in [2.75, 3.05) is 18.8 Å². The summed E-state index contributed by atoms with van der Waals surface area (Å²) < 4.78 is 16.8. The smallest absolute Gasteiger partial charge is 0.170 e. The Balaban J connectivity index is 0.000000170. The Hall–Kier alpha value is -2.36. The Bertz CT molecular complexity index is 961. The van der Waals surface area contributed by atoms with Crippen molar-refractivity contribution in [3.05, 3.63) is 36.8 Å². The summed E-state index contributed by atoms with van der Waals surface area (Å²) in [6, 6.07) is 5.58. The zero-order valence-electron chi connectivity index (χ0n) is 17.2. The third kappa shape index (κ3) is 6.06. The molecule has 3 aromatic heterocycles. The zero-order valence-corrected chi connectivity index (χ0v) is 18.0. The lowest BCUT2D eigenvalue weighted by Gasteiger charge is -2.29. The molecule has 29 heavy (non-hydrogen) atoms. The Kier molecular flexibility index (Phi) is 6.94. The fourth-order valence-electron chi connectivity index (χ4n) is 2.95. The average molecular weight is 416 g/mol. The molecule has 1 aliphatic heterocycles. The number of aromatic nitrogens is 4. The maximum atomic E-state index is 11.7. The van der Waals surface area contributed by atoms with Gasteiger partial charge in [-0.15, -0.1) is 0 Å². The van der Waals surface area contributed by atoms with Crippen molar-refractivity contribution in [1.29, 1.82) is 0 Å². The zero-order chi connectivity index (χ0) is 20.9. The number of nitrogens with one attached hydrogen (secondary N) is 2. The van der Waals surface area contributed by atoms with Crippen LogP contribution in [-0.4, -0.2) is 47.1 Å². The molecule has 3 aromatic rings. The van der Waals surface area contributed by atoms with Crippen LogP contribution in [0.1, 0.15) is 40.0 Å². The number of aromatic amines is 1. The first-order valence-corrected chi connectivity index (χ1v) is 10.9. The third-order valence-electron chi connectivity index (χ3n) is 4.32. The maximum absolute atomic E-state index is 11.7. The number of nitrogen functional groups attached to an aromatic ring is 1. The minimum atomic E-state index is -0.993. The number of hydrogen-bond acceptors (Lipinski definition) is 5. The van der Waals surface area contributed by atoms with Gasteiger partial charge in [0.05, 0.1) is 11.9 Å². The van der Waals surface area contributed by atoms with Crippen LogP contribution in [0.5, 0.6) is 0 Å². The molecule has 1 atom stereocenters. The van der Waals surface area contributed by atoms with Gasteiger partial charge in [-0.2, -0.15) is 0 Å². The van der Waals surface area contributed by atoms with Crippen LogP contribution in [0.25, 0.3) is 22.4 Å². The molecule has 4 rings (SSSR count). The predicted octanol–water partition coefficient (Wildman–Crippen LogP) is 3.04. The summed E-state index contributed by atoms with van der Waals surface area (Å²) in [5.74, 6) is 0.465. The highest BCUT2D eigenvalue weighted by Crippen LogP contribution is 2.22. The lowest BCUT2D eigenvalue weighted by molar-refractivity contribution is 0.355. The second-order valence-electron chi connectivity index (χ2n) is 7.99. The Morgan fingerprint density at radius 3 is 2.62 bits per heavy atom. The molecule has 9 heteroatoms. The largest absolute Gasteiger partial charge is 0.383 e. The average Bonchev–Trinajstić information content (AvgIpc) is 3.16. The van der Waals surface area contributed by atoms with E-state index >= 15 is 0 Å². The number of nitrogens with two attached hydrogens (primary N) is 1. The molecule has 8 nitrogen and oxygen atoms in total. The Morgan fingerprint density at radius 1 is 1.17 bits per heavy atom. The molecule has 0 aromatic carbocycles. The van der Waals surface area contributed by atoms with Crippen LogP contribution in [0.2, 0.25) is 0 Å². The van der Waals surface area contributed by atoms with E-state index in [9.17, 15) is 4.21 Å². The minimum Gasteiger partial charge on any atom is -0.383 e. The monoisotopic (exact) mass is 415 g/mol.